The van der Waals surface area contributed by atoms with E-state index < -0.39 is 0 Å². The second-order valence-electron chi connectivity index (χ2n) is 5.72. The molecule has 7 heteroatoms. The number of nitrogens with zero attached hydrogens (tertiary/aromatic N) is 3. The summed E-state index contributed by atoms with van der Waals surface area (Å²) in [6, 6.07) is 0. The number of ether oxygens (including phenoxy) is 1. The Kier molecular flexibility index (Phi) is 8.59. The molecule has 0 bridgehead atoms. The van der Waals surface area contributed by atoms with E-state index in [1.165, 1.54) is 25.6 Å². The number of aromatic nitrogens is 4. The van der Waals surface area contributed by atoms with Gasteiger partial charge in [-0.3, -0.25) is 4.79 Å². The Balaban J connectivity index is 1.52. The summed E-state index contributed by atoms with van der Waals surface area (Å²) in [6.07, 6.45) is 11.3. The summed E-state index contributed by atoms with van der Waals surface area (Å²) in [5, 5.41) is 0.909. The third-order valence-electron chi connectivity index (χ3n) is 3.71. The second kappa shape index (κ2) is 11.0. The van der Waals surface area contributed by atoms with Gasteiger partial charge in [0.15, 0.2) is 5.65 Å². The minimum absolute atomic E-state index is 0.0755. The highest BCUT2D eigenvalue weighted by molar-refractivity contribution is 7.99. The van der Waals surface area contributed by atoms with Crippen LogP contribution in [0.15, 0.2) is 17.7 Å². The van der Waals surface area contributed by atoms with Crippen LogP contribution in [0.2, 0.25) is 0 Å². The molecule has 0 fully saturated rings. The first-order valence-electron chi connectivity index (χ1n) is 8.73. The summed E-state index contributed by atoms with van der Waals surface area (Å²) in [4.78, 5) is 27.2. The van der Waals surface area contributed by atoms with E-state index in [1.807, 2.05) is 0 Å². The molecule has 2 aromatic rings. The Morgan fingerprint density at radius 2 is 2.00 bits per heavy atom. The van der Waals surface area contributed by atoms with E-state index >= 15 is 0 Å². The summed E-state index contributed by atoms with van der Waals surface area (Å²) in [7, 11) is 0. The summed E-state index contributed by atoms with van der Waals surface area (Å²) in [5.41, 5.74) is 1.57. The van der Waals surface area contributed by atoms with Gasteiger partial charge in [-0.25, -0.2) is 15.0 Å². The van der Waals surface area contributed by atoms with Crippen molar-refractivity contribution in [1.82, 2.24) is 19.9 Å². The van der Waals surface area contributed by atoms with Gasteiger partial charge < -0.3 is 9.72 Å². The van der Waals surface area contributed by atoms with Crippen molar-refractivity contribution in [3.8, 4) is 0 Å². The molecule has 1 N–H and O–H groups in total. The monoisotopic (exact) mass is 350 g/mol. The molecule has 0 spiro atoms. The molecule has 0 amide bonds. The number of carbonyl (C=O) groups excluding carboxylic acids is 1. The molecule has 0 saturated heterocycles. The van der Waals surface area contributed by atoms with Gasteiger partial charge in [-0.2, -0.15) is 0 Å². The van der Waals surface area contributed by atoms with Gasteiger partial charge in [0.05, 0.1) is 12.9 Å². The lowest BCUT2D eigenvalue weighted by Crippen LogP contribution is -2.05. The Morgan fingerprint density at radius 3 is 2.88 bits per heavy atom. The number of fused-ring (bicyclic) bond motifs is 1. The average Bonchev–Trinajstić information content (AvgIpc) is 3.07. The second-order valence-corrected chi connectivity index (χ2v) is 6.80. The van der Waals surface area contributed by atoms with E-state index in [4.69, 9.17) is 4.74 Å². The summed E-state index contributed by atoms with van der Waals surface area (Å²) in [6.45, 7) is 2.76. The van der Waals surface area contributed by atoms with Gasteiger partial charge in [-0.1, -0.05) is 32.6 Å². The molecule has 6 nitrogen and oxygen atoms in total. The molecule has 0 aromatic carbocycles. The first kappa shape index (κ1) is 18.7. The third-order valence-corrected chi connectivity index (χ3v) is 4.79. The topological polar surface area (TPSA) is 80.8 Å². The predicted octanol–water partition coefficient (Wildman–Crippen LogP) is 4.13. The Hall–Kier alpha value is -1.63. The van der Waals surface area contributed by atoms with Crippen LogP contribution in [-0.4, -0.2) is 38.3 Å². The van der Waals surface area contributed by atoms with Gasteiger partial charge in [-0.05, 0) is 25.0 Å². The molecular formula is C17H26N4O2S. The number of esters is 1. The molecule has 2 aromatic heterocycles. The smallest absolute Gasteiger partial charge is 0.305 e. The quantitative estimate of drug-likeness (QED) is 0.268. The van der Waals surface area contributed by atoms with Crippen molar-refractivity contribution in [2.45, 2.75) is 63.3 Å². The van der Waals surface area contributed by atoms with E-state index in [0.717, 1.165) is 42.0 Å². The lowest BCUT2D eigenvalue weighted by atomic mass is 10.2. The van der Waals surface area contributed by atoms with E-state index in [0.29, 0.717) is 18.7 Å². The third kappa shape index (κ3) is 6.47. The lowest BCUT2D eigenvalue weighted by molar-refractivity contribution is -0.143. The molecule has 0 radical (unpaired) electrons. The fourth-order valence-electron chi connectivity index (χ4n) is 2.36. The van der Waals surface area contributed by atoms with E-state index in [1.54, 1.807) is 18.1 Å². The number of carbonyl (C=O) groups is 1. The highest BCUT2D eigenvalue weighted by Gasteiger charge is 2.07. The number of hydrogen-bond donors (Lipinski definition) is 1. The molecule has 0 aliphatic rings. The Bertz CT molecular complexity index is 617. The number of aromatic amines is 1. The van der Waals surface area contributed by atoms with Crippen molar-refractivity contribution in [2.24, 2.45) is 0 Å². The molecule has 2 rings (SSSR count). The van der Waals surface area contributed by atoms with Gasteiger partial charge >= 0.3 is 5.97 Å². The number of imidazole rings is 1. The van der Waals surface area contributed by atoms with Crippen LogP contribution >= 0.6 is 11.8 Å². The predicted molar refractivity (Wildman–Crippen MR) is 96.0 cm³/mol. The van der Waals surface area contributed by atoms with Crippen molar-refractivity contribution in [3.05, 3.63) is 12.7 Å². The standard InChI is InChI=1S/C17H26N4O2S/c1-2-3-4-5-7-10-23-14(22)9-6-8-11-24-17-15-16(19-12-18-15)20-13-21-17/h12-13H,2-11H2,1H3,(H,18,19,20,21). The van der Waals surface area contributed by atoms with Crippen molar-refractivity contribution in [2.75, 3.05) is 12.4 Å². The molecule has 0 atom stereocenters. The van der Waals surface area contributed by atoms with Crippen molar-refractivity contribution in [3.63, 3.8) is 0 Å². The van der Waals surface area contributed by atoms with Crippen LogP contribution in [0.4, 0.5) is 0 Å². The zero-order chi connectivity index (χ0) is 17.0. The van der Waals surface area contributed by atoms with E-state index in [2.05, 4.69) is 26.9 Å². The maximum Gasteiger partial charge on any atom is 0.305 e. The Labute approximate surface area is 147 Å². The fraction of sp³-hybridized carbons (Fsp3) is 0.647. The number of H-pyrrole nitrogens is 1. The van der Waals surface area contributed by atoms with Gasteiger partial charge in [0.2, 0.25) is 0 Å². The van der Waals surface area contributed by atoms with Crippen LogP contribution in [0.5, 0.6) is 0 Å². The first-order chi connectivity index (χ1) is 11.8. The SMILES string of the molecule is CCCCCCCOC(=O)CCCCSc1ncnc2nc[nH]c12. The molecule has 0 saturated carbocycles. The van der Waals surface area contributed by atoms with Gasteiger partial charge in [0, 0.05) is 6.42 Å². The van der Waals surface area contributed by atoms with Crippen LogP contribution in [0.25, 0.3) is 11.2 Å². The fourth-order valence-corrected chi connectivity index (χ4v) is 3.31. The zero-order valence-corrected chi connectivity index (χ0v) is 15.1. The molecule has 0 aliphatic carbocycles. The highest BCUT2D eigenvalue weighted by Crippen LogP contribution is 2.22. The van der Waals surface area contributed by atoms with E-state index in [-0.39, 0.29) is 5.97 Å². The van der Waals surface area contributed by atoms with Gasteiger partial charge in [-0.15, -0.1) is 11.8 Å². The summed E-state index contributed by atoms with van der Waals surface area (Å²) >= 11 is 1.66. The first-order valence-corrected chi connectivity index (χ1v) is 9.72. The Morgan fingerprint density at radius 1 is 1.12 bits per heavy atom. The van der Waals surface area contributed by atoms with Gasteiger partial charge in [0.25, 0.3) is 0 Å². The van der Waals surface area contributed by atoms with E-state index in [9.17, 15) is 4.79 Å². The number of unbranched alkanes of at least 4 members (excludes halogenated alkanes) is 5. The zero-order valence-electron chi connectivity index (χ0n) is 14.3. The number of rotatable bonds is 12. The molecule has 0 unspecified atom stereocenters. The number of thioether (sulfide) groups is 1. The van der Waals surface area contributed by atoms with Crippen LogP contribution in [0.1, 0.15) is 58.3 Å². The average molecular weight is 350 g/mol. The lowest BCUT2D eigenvalue weighted by Gasteiger charge is -2.05. The molecule has 24 heavy (non-hydrogen) atoms. The van der Waals surface area contributed by atoms with Crippen LogP contribution in [0.3, 0.4) is 0 Å². The van der Waals surface area contributed by atoms with Crippen LogP contribution in [0, 0.1) is 0 Å². The molecular weight excluding hydrogens is 324 g/mol. The maximum atomic E-state index is 11.6. The van der Waals surface area contributed by atoms with Crippen molar-refractivity contribution in [1.29, 1.82) is 0 Å². The van der Waals surface area contributed by atoms with Crippen molar-refractivity contribution < 1.29 is 9.53 Å². The summed E-state index contributed by atoms with van der Waals surface area (Å²) in [5.74, 6) is 0.837. The van der Waals surface area contributed by atoms with Gasteiger partial charge in [0.1, 0.15) is 16.9 Å². The highest BCUT2D eigenvalue weighted by atomic mass is 32.2. The maximum absolute atomic E-state index is 11.6. The summed E-state index contributed by atoms with van der Waals surface area (Å²) < 4.78 is 5.25. The normalized spacial score (nSPS) is 11.0. The largest absolute Gasteiger partial charge is 0.466 e. The molecule has 0 aliphatic heterocycles. The molecule has 132 valence electrons. The minimum Gasteiger partial charge on any atom is -0.466 e. The van der Waals surface area contributed by atoms with Crippen LogP contribution in [-0.2, 0) is 9.53 Å². The number of nitrogens with one attached hydrogen (secondary N) is 1. The molecule has 2 heterocycles. The minimum atomic E-state index is -0.0755. The number of hydrogen-bond acceptors (Lipinski definition) is 6. The van der Waals surface area contributed by atoms with Crippen LogP contribution < -0.4 is 0 Å². The van der Waals surface area contributed by atoms with Crippen molar-refractivity contribution >= 4 is 28.9 Å².